The fourth-order valence-electron chi connectivity index (χ4n) is 3.67. The molecule has 0 N–H and O–H groups in total. The minimum Gasteiger partial charge on any atom is -0.0845 e. The van der Waals surface area contributed by atoms with Gasteiger partial charge in [0.25, 0.3) is 0 Å². The first-order valence-corrected chi connectivity index (χ1v) is 7.37. The van der Waals surface area contributed by atoms with Crippen LogP contribution in [0.1, 0.15) is 72.1 Å². The zero-order valence-electron chi connectivity index (χ0n) is 11.4. The summed E-state index contributed by atoms with van der Waals surface area (Å²) in [5, 5.41) is 0. The predicted octanol–water partition coefficient (Wildman–Crippen LogP) is 5.34. The van der Waals surface area contributed by atoms with E-state index in [0.717, 1.165) is 17.3 Å². The highest BCUT2D eigenvalue weighted by atomic mass is 14.6. The van der Waals surface area contributed by atoms with Crippen molar-refractivity contribution in [1.82, 2.24) is 0 Å². The lowest BCUT2D eigenvalue weighted by Gasteiger charge is -2.15. The molecule has 0 aromatic rings. The number of hydrogen-bond donors (Lipinski definition) is 0. The van der Waals surface area contributed by atoms with Gasteiger partial charge in [0.1, 0.15) is 0 Å². The van der Waals surface area contributed by atoms with Crippen LogP contribution in [-0.4, -0.2) is 0 Å². The van der Waals surface area contributed by atoms with Crippen molar-refractivity contribution >= 4 is 0 Å². The molecule has 2 fully saturated rings. The maximum atomic E-state index is 2.59. The van der Waals surface area contributed by atoms with Crippen LogP contribution < -0.4 is 0 Å². The van der Waals surface area contributed by atoms with Gasteiger partial charge in [-0.25, -0.2) is 0 Å². The summed E-state index contributed by atoms with van der Waals surface area (Å²) in [6.07, 6.45) is 14.3. The van der Waals surface area contributed by atoms with Crippen molar-refractivity contribution in [3.63, 3.8) is 0 Å². The van der Waals surface area contributed by atoms with Crippen LogP contribution in [-0.2, 0) is 0 Å². The number of fused-ring (bicyclic) bond motifs is 1. The zero-order valence-corrected chi connectivity index (χ0v) is 11.4. The molecule has 2 rings (SSSR count). The van der Waals surface area contributed by atoms with E-state index < -0.39 is 0 Å². The Bertz CT molecular complexity index is 261. The topological polar surface area (TPSA) is 0 Å². The summed E-state index contributed by atoms with van der Waals surface area (Å²) in [5.41, 5.74) is 2.45. The molecular weight excluding hydrogens is 192 g/mol. The van der Waals surface area contributed by atoms with E-state index in [1.165, 1.54) is 44.9 Å². The molecule has 0 nitrogen and oxygen atoms in total. The van der Waals surface area contributed by atoms with E-state index in [9.17, 15) is 0 Å². The average Bonchev–Trinajstić information content (AvgIpc) is 2.92. The van der Waals surface area contributed by atoms with Crippen molar-refractivity contribution < 1.29 is 0 Å². The molecule has 0 amide bonds. The van der Waals surface area contributed by atoms with Crippen LogP contribution in [0.15, 0.2) is 11.6 Å². The Morgan fingerprint density at radius 1 is 1.31 bits per heavy atom. The van der Waals surface area contributed by atoms with Gasteiger partial charge in [-0.05, 0) is 49.4 Å². The van der Waals surface area contributed by atoms with Gasteiger partial charge in [-0.2, -0.15) is 0 Å². The Morgan fingerprint density at radius 2 is 2.12 bits per heavy atom. The predicted molar refractivity (Wildman–Crippen MR) is 71.5 cm³/mol. The molecule has 0 heterocycles. The molecule has 92 valence electrons. The van der Waals surface area contributed by atoms with Crippen LogP contribution in [0.25, 0.3) is 0 Å². The first-order valence-electron chi connectivity index (χ1n) is 7.37. The lowest BCUT2D eigenvalue weighted by atomic mass is 9.90. The van der Waals surface area contributed by atoms with Gasteiger partial charge in [-0.1, -0.05) is 51.7 Å². The smallest absolute Gasteiger partial charge is 0.0232 e. The molecule has 0 heteroatoms. The average molecular weight is 220 g/mol. The first-order chi connectivity index (χ1) is 7.68. The van der Waals surface area contributed by atoms with Crippen molar-refractivity contribution in [2.45, 2.75) is 72.1 Å². The van der Waals surface area contributed by atoms with Crippen LogP contribution >= 0.6 is 0 Å². The molecule has 0 aliphatic heterocycles. The molecule has 2 unspecified atom stereocenters. The third kappa shape index (κ3) is 2.52. The second-order valence-corrected chi connectivity index (χ2v) is 6.35. The fraction of sp³-hybridized carbons (Fsp3) is 0.875. The summed E-state index contributed by atoms with van der Waals surface area (Å²) in [4.78, 5) is 0. The van der Waals surface area contributed by atoms with Gasteiger partial charge in [0, 0.05) is 0 Å². The second-order valence-electron chi connectivity index (χ2n) is 6.35. The number of allylic oxidation sites excluding steroid dienone is 2. The Morgan fingerprint density at radius 3 is 2.81 bits per heavy atom. The molecule has 2 atom stereocenters. The molecule has 2 aliphatic carbocycles. The SMILES string of the molecule is CCC(=CCC12CCCCCC1C2)C(C)C. The van der Waals surface area contributed by atoms with Gasteiger partial charge >= 0.3 is 0 Å². The van der Waals surface area contributed by atoms with E-state index in [2.05, 4.69) is 26.8 Å². The number of hydrogen-bond acceptors (Lipinski definition) is 0. The Labute approximate surface area is 102 Å². The van der Waals surface area contributed by atoms with Gasteiger partial charge in [0.05, 0.1) is 0 Å². The Kier molecular flexibility index (Phi) is 3.77. The van der Waals surface area contributed by atoms with Crippen molar-refractivity contribution in [2.24, 2.45) is 17.3 Å². The number of rotatable bonds is 4. The van der Waals surface area contributed by atoms with E-state index in [1.807, 2.05) is 0 Å². The zero-order chi connectivity index (χ0) is 11.6. The van der Waals surface area contributed by atoms with E-state index in [4.69, 9.17) is 0 Å². The van der Waals surface area contributed by atoms with Crippen LogP contribution in [0.2, 0.25) is 0 Å². The van der Waals surface area contributed by atoms with E-state index in [-0.39, 0.29) is 0 Å². The van der Waals surface area contributed by atoms with E-state index >= 15 is 0 Å². The van der Waals surface area contributed by atoms with Gasteiger partial charge in [0.2, 0.25) is 0 Å². The normalized spacial score (nSPS) is 34.8. The molecule has 0 aromatic heterocycles. The van der Waals surface area contributed by atoms with Gasteiger partial charge < -0.3 is 0 Å². The first kappa shape index (κ1) is 12.2. The van der Waals surface area contributed by atoms with E-state index in [0.29, 0.717) is 0 Å². The van der Waals surface area contributed by atoms with Gasteiger partial charge in [-0.3, -0.25) is 0 Å². The van der Waals surface area contributed by atoms with Crippen LogP contribution in [0.5, 0.6) is 0 Å². The van der Waals surface area contributed by atoms with Crippen LogP contribution in [0, 0.1) is 17.3 Å². The van der Waals surface area contributed by atoms with Gasteiger partial charge in [-0.15, -0.1) is 0 Å². The van der Waals surface area contributed by atoms with Gasteiger partial charge in [0.15, 0.2) is 0 Å². The molecule has 0 saturated heterocycles. The van der Waals surface area contributed by atoms with Crippen LogP contribution in [0.4, 0.5) is 0 Å². The molecular formula is C16H28. The third-order valence-corrected chi connectivity index (χ3v) is 5.01. The maximum Gasteiger partial charge on any atom is -0.0232 e. The standard InChI is InChI=1S/C16H28/c1-4-14(13(2)3)9-11-16-10-7-5-6-8-15(16)12-16/h9,13,15H,4-8,10-12H2,1-3H3. The highest BCUT2D eigenvalue weighted by molar-refractivity contribution is 5.12. The summed E-state index contributed by atoms with van der Waals surface area (Å²) >= 11 is 0. The summed E-state index contributed by atoms with van der Waals surface area (Å²) in [6, 6.07) is 0. The largest absolute Gasteiger partial charge is 0.0845 e. The summed E-state index contributed by atoms with van der Waals surface area (Å²) in [7, 11) is 0. The molecule has 0 spiro atoms. The minimum absolute atomic E-state index is 0.754. The molecule has 16 heavy (non-hydrogen) atoms. The lowest BCUT2D eigenvalue weighted by molar-refractivity contribution is 0.425. The molecule has 0 radical (unpaired) electrons. The highest BCUT2D eigenvalue weighted by Gasteiger charge is 2.52. The Hall–Kier alpha value is -0.260. The van der Waals surface area contributed by atoms with E-state index in [1.54, 1.807) is 12.0 Å². The van der Waals surface area contributed by atoms with Crippen molar-refractivity contribution in [3.8, 4) is 0 Å². The molecule has 2 aliphatic rings. The fourth-order valence-corrected chi connectivity index (χ4v) is 3.67. The Balaban J connectivity index is 1.94. The molecule has 0 aromatic carbocycles. The third-order valence-electron chi connectivity index (χ3n) is 5.01. The quantitative estimate of drug-likeness (QED) is 0.561. The van der Waals surface area contributed by atoms with Crippen molar-refractivity contribution in [2.75, 3.05) is 0 Å². The van der Waals surface area contributed by atoms with Crippen LogP contribution in [0.3, 0.4) is 0 Å². The summed E-state index contributed by atoms with van der Waals surface area (Å²) < 4.78 is 0. The highest BCUT2D eigenvalue weighted by Crippen LogP contribution is 2.62. The summed E-state index contributed by atoms with van der Waals surface area (Å²) in [6.45, 7) is 6.98. The monoisotopic (exact) mass is 220 g/mol. The van der Waals surface area contributed by atoms with Crippen molar-refractivity contribution in [1.29, 1.82) is 0 Å². The summed E-state index contributed by atoms with van der Waals surface area (Å²) in [5.74, 6) is 1.85. The van der Waals surface area contributed by atoms with Crippen molar-refractivity contribution in [3.05, 3.63) is 11.6 Å². The molecule has 0 bridgehead atoms. The second kappa shape index (κ2) is 4.94. The maximum absolute atomic E-state index is 2.59. The minimum atomic E-state index is 0.754. The molecule has 2 saturated carbocycles. The lowest BCUT2D eigenvalue weighted by Crippen LogP contribution is -2.03.